The lowest BCUT2D eigenvalue weighted by Gasteiger charge is -1.99. The molecular formula is C9H12Cl2N4. The van der Waals surface area contributed by atoms with Gasteiger partial charge in [-0.15, -0.1) is 35.0 Å². The van der Waals surface area contributed by atoms with Crippen LogP contribution in [0, 0.1) is 0 Å². The number of hydrogen-bond donors (Lipinski definition) is 1. The summed E-state index contributed by atoms with van der Waals surface area (Å²) >= 11 is 0. The van der Waals surface area contributed by atoms with Crippen molar-refractivity contribution < 1.29 is 0 Å². The number of aromatic nitrogens is 3. The SMILES string of the molecule is Cl.Cl.Cn1cnnc1-c1ccc(N)cc1. The Morgan fingerprint density at radius 1 is 1.13 bits per heavy atom. The number of rotatable bonds is 1. The Hall–Kier alpha value is -1.26. The Kier molecular flexibility index (Phi) is 5.11. The lowest BCUT2D eigenvalue weighted by atomic mass is 10.2. The zero-order valence-corrected chi connectivity index (χ0v) is 9.76. The molecule has 2 aromatic rings. The topological polar surface area (TPSA) is 56.7 Å². The number of benzene rings is 1. The normalized spacial score (nSPS) is 8.87. The Balaban J connectivity index is 0.000000980. The lowest BCUT2D eigenvalue weighted by molar-refractivity contribution is 0.920. The van der Waals surface area contributed by atoms with Crippen LogP contribution in [0.2, 0.25) is 0 Å². The minimum atomic E-state index is 0. The first-order valence-electron chi connectivity index (χ1n) is 3.97. The molecule has 0 saturated carbocycles. The Morgan fingerprint density at radius 3 is 2.20 bits per heavy atom. The van der Waals surface area contributed by atoms with Crippen molar-refractivity contribution >= 4 is 30.5 Å². The summed E-state index contributed by atoms with van der Waals surface area (Å²) in [6.45, 7) is 0. The van der Waals surface area contributed by atoms with Crippen molar-refractivity contribution in [3.8, 4) is 11.4 Å². The maximum absolute atomic E-state index is 5.58. The number of nitrogens with two attached hydrogens (primary N) is 1. The van der Waals surface area contributed by atoms with E-state index < -0.39 is 0 Å². The van der Waals surface area contributed by atoms with Crippen LogP contribution in [0.5, 0.6) is 0 Å². The molecule has 1 heterocycles. The van der Waals surface area contributed by atoms with E-state index in [0.29, 0.717) is 0 Å². The van der Waals surface area contributed by atoms with E-state index >= 15 is 0 Å². The summed E-state index contributed by atoms with van der Waals surface area (Å²) < 4.78 is 1.87. The Bertz CT molecular complexity index is 410. The lowest BCUT2D eigenvalue weighted by Crippen LogP contribution is -1.91. The van der Waals surface area contributed by atoms with Gasteiger partial charge in [0.25, 0.3) is 0 Å². The Labute approximate surface area is 100 Å². The highest BCUT2D eigenvalue weighted by Gasteiger charge is 2.02. The maximum atomic E-state index is 5.58. The molecule has 0 aliphatic rings. The molecule has 0 radical (unpaired) electrons. The van der Waals surface area contributed by atoms with E-state index in [9.17, 15) is 0 Å². The third kappa shape index (κ3) is 2.84. The van der Waals surface area contributed by atoms with Crippen molar-refractivity contribution in [3.05, 3.63) is 30.6 Å². The van der Waals surface area contributed by atoms with Gasteiger partial charge in [-0.05, 0) is 24.3 Å². The molecule has 0 unspecified atom stereocenters. The smallest absolute Gasteiger partial charge is 0.163 e. The number of aryl methyl sites for hydroxylation is 1. The highest BCUT2D eigenvalue weighted by atomic mass is 35.5. The molecule has 0 fully saturated rings. The quantitative estimate of drug-likeness (QED) is 0.783. The monoisotopic (exact) mass is 246 g/mol. The molecule has 0 aliphatic carbocycles. The fourth-order valence-electron chi connectivity index (χ4n) is 1.18. The number of anilines is 1. The van der Waals surface area contributed by atoms with E-state index in [4.69, 9.17) is 5.73 Å². The van der Waals surface area contributed by atoms with Crippen molar-refractivity contribution in [3.63, 3.8) is 0 Å². The summed E-state index contributed by atoms with van der Waals surface area (Å²) in [5, 5.41) is 7.79. The molecule has 1 aromatic carbocycles. The molecule has 0 atom stereocenters. The number of hydrogen-bond acceptors (Lipinski definition) is 3. The number of nitrogens with zero attached hydrogens (tertiary/aromatic N) is 3. The van der Waals surface area contributed by atoms with Gasteiger partial charge in [0.1, 0.15) is 6.33 Å². The van der Waals surface area contributed by atoms with Crippen LogP contribution in [-0.4, -0.2) is 14.8 Å². The van der Waals surface area contributed by atoms with E-state index in [1.807, 2.05) is 35.9 Å². The Morgan fingerprint density at radius 2 is 1.73 bits per heavy atom. The fraction of sp³-hybridized carbons (Fsp3) is 0.111. The van der Waals surface area contributed by atoms with E-state index in [1.165, 1.54) is 0 Å². The van der Waals surface area contributed by atoms with Crippen LogP contribution in [0.25, 0.3) is 11.4 Å². The molecule has 6 heteroatoms. The van der Waals surface area contributed by atoms with E-state index in [2.05, 4.69) is 10.2 Å². The third-order valence-electron chi connectivity index (χ3n) is 1.88. The molecule has 15 heavy (non-hydrogen) atoms. The summed E-state index contributed by atoms with van der Waals surface area (Å²) in [4.78, 5) is 0. The summed E-state index contributed by atoms with van der Waals surface area (Å²) in [5.74, 6) is 0.847. The second-order valence-corrected chi connectivity index (χ2v) is 2.89. The molecule has 2 N–H and O–H groups in total. The molecule has 4 nitrogen and oxygen atoms in total. The summed E-state index contributed by atoms with van der Waals surface area (Å²) in [6, 6.07) is 7.56. The van der Waals surface area contributed by atoms with Crippen molar-refractivity contribution in [1.29, 1.82) is 0 Å². The van der Waals surface area contributed by atoms with Crippen LogP contribution in [0.4, 0.5) is 5.69 Å². The van der Waals surface area contributed by atoms with E-state index in [1.54, 1.807) is 6.33 Å². The highest BCUT2D eigenvalue weighted by molar-refractivity contribution is 5.85. The van der Waals surface area contributed by atoms with Crippen LogP contribution in [0.15, 0.2) is 30.6 Å². The standard InChI is InChI=1S/C9H10N4.2ClH/c1-13-6-11-12-9(13)7-2-4-8(10)5-3-7;;/h2-6H,10H2,1H3;2*1H. The molecule has 2 rings (SSSR count). The minimum absolute atomic E-state index is 0. The first kappa shape index (κ1) is 13.7. The molecule has 82 valence electrons. The van der Waals surface area contributed by atoms with E-state index in [-0.39, 0.29) is 24.8 Å². The summed E-state index contributed by atoms with van der Waals surface area (Å²) in [6.07, 6.45) is 1.67. The van der Waals surface area contributed by atoms with Crippen LogP contribution < -0.4 is 5.73 Å². The summed E-state index contributed by atoms with van der Waals surface area (Å²) in [7, 11) is 1.91. The van der Waals surface area contributed by atoms with Crippen LogP contribution in [0.1, 0.15) is 0 Å². The number of nitrogen functional groups attached to an aromatic ring is 1. The van der Waals surface area contributed by atoms with Gasteiger partial charge in [-0.2, -0.15) is 0 Å². The third-order valence-corrected chi connectivity index (χ3v) is 1.88. The zero-order valence-electron chi connectivity index (χ0n) is 8.12. The van der Waals surface area contributed by atoms with Crippen molar-refractivity contribution in [1.82, 2.24) is 14.8 Å². The number of halogens is 2. The first-order chi connectivity index (χ1) is 6.27. The van der Waals surface area contributed by atoms with Gasteiger partial charge in [-0.25, -0.2) is 0 Å². The van der Waals surface area contributed by atoms with Crippen molar-refractivity contribution in [2.24, 2.45) is 7.05 Å². The van der Waals surface area contributed by atoms with Crippen molar-refractivity contribution in [2.75, 3.05) is 5.73 Å². The maximum Gasteiger partial charge on any atom is 0.163 e. The van der Waals surface area contributed by atoms with Gasteiger partial charge in [-0.3, -0.25) is 0 Å². The predicted octanol–water partition coefficient (Wildman–Crippen LogP) is 1.91. The molecule has 0 aliphatic heterocycles. The fourth-order valence-corrected chi connectivity index (χ4v) is 1.18. The largest absolute Gasteiger partial charge is 0.399 e. The molecule has 0 amide bonds. The average Bonchev–Trinajstić information content (AvgIpc) is 2.53. The van der Waals surface area contributed by atoms with E-state index in [0.717, 1.165) is 17.1 Å². The van der Waals surface area contributed by atoms with Gasteiger partial charge in [0, 0.05) is 18.3 Å². The molecular weight excluding hydrogens is 235 g/mol. The summed E-state index contributed by atoms with van der Waals surface area (Å²) in [5.41, 5.74) is 7.35. The predicted molar refractivity (Wildman–Crippen MR) is 65.3 cm³/mol. The van der Waals surface area contributed by atoms with Crippen LogP contribution >= 0.6 is 24.8 Å². The van der Waals surface area contributed by atoms with Gasteiger partial charge in [-0.1, -0.05) is 0 Å². The molecule has 0 bridgehead atoms. The van der Waals surface area contributed by atoms with Crippen LogP contribution in [-0.2, 0) is 7.05 Å². The van der Waals surface area contributed by atoms with Gasteiger partial charge in [0.2, 0.25) is 0 Å². The van der Waals surface area contributed by atoms with Crippen LogP contribution in [0.3, 0.4) is 0 Å². The van der Waals surface area contributed by atoms with Gasteiger partial charge in [0.05, 0.1) is 0 Å². The second-order valence-electron chi connectivity index (χ2n) is 2.89. The zero-order chi connectivity index (χ0) is 9.26. The second kappa shape index (κ2) is 5.58. The van der Waals surface area contributed by atoms with Crippen molar-refractivity contribution in [2.45, 2.75) is 0 Å². The minimum Gasteiger partial charge on any atom is -0.399 e. The molecule has 0 spiro atoms. The molecule has 1 aromatic heterocycles. The van der Waals surface area contributed by atoms with Gasteiger partial charge in [0.15, 0.2) is 5.82 Å². The average molecular weight is 247 g/mol. The molecule has 0 saturated heterocycles. The highest BCUT2D eigenvalue weighted by Crippen LogP contribution is 2.16. The first-order valence-corrected chi connectivity index (χ1v) is 3.97. The van der Waals surface area contributed by atoms with Gasteiger partial charge < -0.3 is 10.3 Å². The van der Waals surface area contributed by atoms with Gasteiger partial charge >= 0.3 is 0 Å².